The highest BCUT2D eigenvalue weighted by molar-refractivity contribution is 5.98. The van der Waals surface area contributed by atoms with Gasteiger partial charge in [0.2, 0.25) is 0 Å². The first-order valence-corrected chi connectivity index (χ1v) is 14.4. The molecule has 220 valence electrons. The summed E-state index contributed by atoms with van der Waals surface area (Å²) < 4.78 is 26.4. The lowest BCUT2D eigenvalue weighted by atomic mass is 9.80. The van der Waals surface area contributed by atoms with Gasteiger partial charge in [-0.05, 0) is 31.4 Å². The van der Waals surface area contributed by atoms with Gasteiger partial charge in [0.15, 0.2) is 5.69 Å². The van der Waals surface area contributed by atoms with Crippen LogP contribution in [0.15, 0.2) is 54.9 Å². The molecule has 0 radical (unpaired) electrons. The van der Waals surface area contributed by atoms with Crippen molar-refractivity contribution in [2.75, 3.05) is 52.3 Å². The van der Waals surface area contributed by atoms with E-state index >= 15 is 0 Å². The van der Waals surface area contributed by atoms with E-state index in [2.05, 4.69) is 10.6 Å². The van der Waals surface area contributed by atoms with Crippen LogP contribution >= 0.6 is 0 Å². The number of benzene rings is 2. The van der Waals surface area contributed by atoms with Gasteiger partial charge in [0.1, 0.15) is 17.2 Å². The van der Waals surface area contributed by atoms with E-state index in [1.54, 1.807) is 19.5 Å². The summed E-state index contributed by atoms with van der Waals surface area (Å²) in [6, 6.07) is 13.9. The lowest BCUT2D eigenvalue weighted by Crippen LogP contribution is -2.54. The van der Waals surface area contributed by atoms with Gasteiger partial charge in [0, 0.05) is 51.0 Å². The Kier molecular flexibility index (Phi) is 9.22. The number of anilines is 1. The lowest BCUT2D eigenvalue weighted by molar-refractivity contribution is -0.0893. The summed E-state index contributed by atoms with van der Waals surface area (Å²) >= 11 is 0. The molecule has 3 aromatic rings. The van der Waals surface area contributed by atoms with Gasteiger partial charge in [-0.25, -0.2) is 9.37 Å². The third-order valence-electron chi connectivity index (χ3n) is 8.30. The summed E-state index contributed by atoms with van der Waals surface area (Å²) in [6.45, 7) is 2.70. The van der Waals surface area contributed by atoms with Gasteiger partial charge in [0.05, 0.1) is 37.5 Å². The number of ether oxygens (including phenoxy) is 2. The number of aromatic nitrogens is 2. The first-order valence-electron chi connectivity index (χ1n) is 14.4. The van der Waals surface area contributed by atoms with E-state index < -0.39 is 5.60 Å². The molecule has 1 aromatic heterocycles. The average Bonchev–Trinajstić information content (AvgIpc) is 3.43. The van der Waals surface area contributed by atoms with Crippen molar-refractivity contribution < 1.29 is 23.8 Å². The van der Waals surface area contributed by atoms with Crippen molar-refractivity contribution in [3.8, 4) is 17.0 Å². The number of hydrogen-bond acceptors (Lipinski definition) is 7. The fraction of sp³-hybridized carbons (Fsp3) is 0.484. The molecule has 0 bridgehead atoms. The number of piperazine rings is 1. The molecule has 2 aromatic carbocycles. The molecular formula is C31H40FN5O4. The monoisotopic (exact) mass is 565 g/mol. The number of nitrogens with zero attached hydrogens (tertiary/aromatic N) is 3. The van der Waals surface area contributed by atoms with E-state index in [0.717, 1.165) is 30.5 Å². The zero-order valence-electron chi connectivity index (χ0n) is 23.8. The third kappa shape index (κ3) is 6.24. The maximum absolute atomic E-state index is 14.2. The highest BCUT2D eigenvalue weighted by atomic mass is 19.1. The first-order chi connectivity index (χ1) is 19.9. The van der Waals surface area contributed by atoms with Crippen molar-refractivity contribution in [1.82, 2.24) is 19.8 Å². The van der Waals surface area contributed by atoms with E-state index in [4.69, 9.17) is 14.5 Å². The number of nitrogens with one attached hydrogen (secondary N) is 2. The van der Waals surface area contributed by atoms with Gasteiger partial charge in [-0.1, -0.05) is 43.2 Å². The third-order valence-corrected chi connectivity index (χ3v) is 8.30. The molecule has 1 aliphatic carbocycles. The normalized spacial score (nSPS) is 22.9. The van der Waals surface area contributed by atoms with E-state index in [1.807, 2.05) is 39.8 Å². The number of rotatable bonds is 10. The fourth-order valence-electron chi connectivity index (χ4n) is 6.26. The van der Waals surface area contributed by atoms with Gasteiger partial charge in [-0.3, -0.25) is 4.79 Å². The quantitative estimate of drug-likeness (QED) is 0.340. The minimum atomic E-state index is -1.04. The van der Waals surface area contributed by atoms with E-state index in [-0.39, 0.29) is 30.4 Å². The fourth-order valence-corrected chi connectivity index (χ4v) is 6.26. The highest BCUT2D eigenvalue weighted by Gasteiger charge is 2.42. The van der Waals surface area contributed by atoms with Crippen molar-refractivity contribution >= 4 is 11.6 Å². The van der Waals surface area contributed by atoms with Crippen molar-refractivity contribution in [2.45, 2.75) is 49.8 Å². The summed E-state index contributed by atoms with van der Waals surface area (Å²) in [5, 5.41) is 18.4. The van der Waals surface area contributed by atoms with Gasteiger partial charge >= 0.3 is 0 Å². The summed E-state index contributed by atoms with van der Waals surface area (Å²) in [7, 11) is 3.12. The SMILES string of the molecule is COC[C@]1(O)CCCC[C@H]1n1cnc(C(=O)N2CCNC[C@H]2CCNc2ccc(F)cc2OC)c1-c1ccccc1. The molecule has 3 N–H and O–H groups in total. The second-order valence-electron chi connectivity index (χ2n) is 10.9. The highest BCUT2D eigenvalue weighted by Crippen LogP contribution is 2.41. The Morgan fingerprint density at radius 3 is 2.83 bits per heavy atom. The second kappa shape index (κ2) is 13.0. The summed E-state index contributed by atoms with van der Waals surface area (Å²) in [5.41, 5.74) is 1.67. The van der Waals surface area contributed by atoms with Gasteiger partial charge in [-0.2, -0.15) is 0 Å². The molecule has 3 atom stereocenters. The van der Waals surface area contributed by atoms with Crippen molar-refractivity contribution in [3.05, 3.63) is 66.4 Å². The number of carbonyl (C=O) groups is 1. The minimum Gasteiger partial charge on any atom is -0.494 e. The zero-order chi connectivity index (χ0) is 28.8. The van der Waals surface area contributed by atoms with Crippen molar-refractivity contribution in [3.63, 3.8) is 0 Å². The Bertz CT molecular complexity index is 1320. The molecule has 1 aliphatic heterocycles. The summed E-state index contributed by atoms with van der Waals surface area (Å²) in [4.78, 5) is 20.8. The standard InChI is InChI=1S/C31H40FN5O4/c1-40-20-31(39)14-7-6-10-27(31)37-21-35-28(29(37)22-8-4-3-5-9-22)30(38)36-17-16-33-19-24(36)13-15-34-25-12-11-23(32)18-26(25)41-2/h3-5,8-9,11-12,18,21,24,27,33-34,39H,6-7,10,13-17,19-20H2,1-2H3/t24-,27-,31-/m1/s1. The summed E-state index contributed by atoms with van der Waals surface area (Å²) in [6.07, 6.45) is 5.71. The number of hydrogen-bond donors (Lipinski definition) is 3. The van der Waals surface area contributed by atoms with Crippen LogP contribution in [0, 0.1) is 5.82 Å². The lowest BCUT2D eigenvalue weighted by Gasteiger charge is -2.41. The van der Waals surface area contributed by atoms with Crippen LogP contribution in [0.1, 0.15) is 48.6 Å². The van der Waals surface area contributed by atoms with Crippen molar-refractivity contribution in [2.24, 2.45) is 0 Å². The number of amides is 1. The molecule has 2 heterocycles. The van der Waals surface area contributed by atoms with Crippen LogP contribution in [0.25, 0.3) is 11.3 Å². The number of carbonyl (C=O) groups excluding carboxylic acids is 1. The Morgan fingerprint density at radius 2 is 2.05 bits per heavy atom. The van der Waals surface area contributed by atoms with Crippen LogP contribution < -0.4 is 15.4 Å². The largest absolute Gasteiger partial charge is 0.494 e. The van der Waals surface area contributed by atoms with Crippen LogP contribution in [-0.2, 0) is 4.74 Å². The van der Waals surface area contributed by atoms with Crippen LogP contribution in [0.4, 0.5) is 10.1 Å². The van der Waals surface area contributed by atoms with E-state index in [0.29, 0.717) is 56.2 Å². The number of methoxy groups -OCH3 is 2. The average molecular weight is 566 g/mol. The molecule has 1 amide bonds. The molecule has 2 fully saturated rings. The number of aliphatic hydroxyl groups is 1. The maximum atomic E-state index is 14.2. The molecule has 1 saturated heterocycles. The summed E-state index contributed by atoms with van der Waals surface area (Å²) in [5.74, 6) is -0.0448. The smallest absolute Gasteiger partial charge is 0.275 e. The zero-order valence-corrected chi connectivity index (χ0v) is 23.8. The van der Waals surface area contributed by atoms with Gasteiger partial charge < -0.3 is 34.7 Å². The van der Waals surface area contributed by atoms with Crippen LogP contribution in [-0.4, -0.2) is 84.1 Å². The first kappa shape index (κ1) is 29.0. The van der Waals surface area contributed by atoms with E-state index in [9.17, 15) is 14.3 Å². The Morgan fingerprint density at radius 1 is 1.22 bits per heavy atom. The maximum Gasteiger partial charge on any atom is 0.275 e. The Labute approximate surface area is 240 Å². The van der Waals surface area contributed by atoms with Gasteiger partial charge in [-0.15, -0.1) is 0 Å². The molecule has 1 saturated carbocycles. The van der Waals surface area contributed by atoms with Crippen LogP contribution in [0.3, 0.4) is 0 Å². The van der Waals surface area contributed by atoms with Gasteiger partial charge in [0.25, 0.3) is 5.91 Å². The predicted molar refractivity (Wildman–Crippen MR) is 156 cm³/mol. The molecule has 2 aliphatic rings. The Hall–Kier alpha value is -3.47. The second-order valence-corrected chi connectivity index (χ2v) is 10.9. The van der Waals surface area contributed by atoms with Crippen molar-refractivity contribution in [1.29, 1.82) is 0 Å². The topological polar surface area (TPSA) is 101 Å². The Balaban J connectivity index is 1.41. The minimum absolute atomic E-state index is 0.0657. The van der Waals surface area contributed by atoms with Crippen LogP contribution in [0.2, 0.25) is 0 Å². The molecule has 41 heavy (non-hydrogen) atoms. The van der Waals surface area contributed by atoms with E-state index in [1.165, 1.54) is 19.2 Å². The molecule has 0 unspecified atom stereocenters. The molecular weight excluding hydrogens is 525 g/mol. The molecule has 5 rings (SSSR count). The molecule has 9 nitrogen and oxygen atoms in total. The van der Waals surface area contributed by atoms with Crippen LogP contribution in [0.5, 0.6) is 5.75 Å². The number of imidazole rings is 1. The molecule has 0 spiro atoms. The predicted octanol–water partition coefficient (Wildman–Crippen LogP) is 4.11. The number of halogens is 1. The molecule has 10 heteroatoms.